The Morgan fingerprint density at radius 1 is 1.02 bits per heavy atom. The number of alkyl halides is 3. The van der Waals surface area contributed by atoms with E-state index < -0.39 is 60.3 Å². The van der Waals surface area contributed by atoms with Gasteiger partial charge in [-0.2, -0.15) is 13.2 Å². The van der Waals surface area contributed by atoms with Crippen molar-refractivity contribution in [2.45, 2.75) is 101 Å². The topological polar surface area (TPSA) is 155 Å². The Kier molecular flexibility index (Phi) is 13.1. The Morgan fingerprint density at radius 2 is 1.80 bits per heavy atom. The summed E-state index contributed by atoms with van der Waals surface area (Å²) < 4.78 is 67.3. The maximum absolute atomic E-state index is 14.9. The molecule has 8 rings (SSSR count). The van der Waals surface area contributed by atoms with Gasteiger partial charge in [0.25, 0.3) is 0 Å². The van der Waals surface area contributed by atoms with E-state index in [2.05, 4.69) is 16.0 Å². The molecule has 0 radical (unpaired) electrons. The van der Waals surface area contributed by atoms with Crippen LogP contribution in [-0.2, 0) is 26.5 Å². The molecule has 1 unspecified atom stereocenters. The van der Waals surface area contributed by atoms with E-state index in [0.717, 1.165) is 30.1 Å². The summed E-state index contributed by atoms with van der Waals surface area (Å²) in [6.07, 6.45) is 2.03. The molecule has 338 valence electrons. The molecule has 0 spiro atoms. The third kappa shape index (κ3) is 9.94. The van der Waals surface area contributed by atoms with Crippen LogP contribution in [0.5, 0.6) is 11.5 Å². The monoisotopic (exact) mass is 916 g/mol. The van der Waals surface area contributed by atoms with Crippen LogP contribution in [-0.4, -0.2) is 74.7 Å². The summed E-state index contributed by atoms with van der Waals surface area (Å²) in [6, 6.07) is 18.9. The van der Waals surface area contributed by atoms with Crippen molar-refractivity contribution in [1.29, 1.82) is 0 Å². The molecule has 2 aliphatic heterocycles. The number of rotatable bonds is 11. The highest BCUT2D eigenvalue weighted by Crippen LogP contribution is 2.71. The molecule has 1 aliphatic carbocycles. The molecule has 1 saturated heterocycles. The van der Waals surface area contributed by atoms with Gasteiger partial charge in [-0.15, -0.1) is 11.3 Å². The van der Waals surface area contributed by atoms with Gasteiger partial charge in [0, 0.05) is 47.0 Å². The number of fused-ring (bicyclic) bond motifs is 3. The second-order valence-corrected chi connectivity index (χ2v) is 20.5. The van der Waals surface area contributed by atoms with Gasteiger partial charge in [-0.1, -0.05) is 55.3 Å². The number of thiazole rings is 1. The van der Waals surface area contributed by atoms with E-state index in [4.69, 9.17) is 19.4 Å². The van der Waals surface area contributed by atoms with E-state index in [1.165, 1.54) is 28.4 Å². The quantitative estimate of drug-likeness (QED) is 0.0744. The second kappa shape index (κ2) is 18.6. The predicted molar refractivity (Wildman–Crippen MR) is 243 cm³/mol. The number of methoxy groups -OCH3 is 1. The SMILES string of the molecule is COc1ccc2c(O[C@@H]3C[C@H]4C(=O)N[C@]5(P(=O)(O)Cc6ccccc6)C[C@@H]5/C=C\CCCCC[C@H](Nc5ccc(C(F)(F)F)cc5)C(=O)N4C3)cc(-c3csc(NC(C)C)n3)nc2c1. The van der Waals surface area contributed by atoms with E-state index in [0.29, 0.717) is 64.3 Å². The molecule has 4 heterocycles. The summed E-state index contributed by atoms with van der Waals surface area (Å²) >= 11 is 1.45. The van der Waals surface area contributed by atoms with Crippen LogP contribution in [0.15, 0.2) is 96.4 Å². The summed E-state index contributed by atoms with van der Waals surface area (Å²) in [4.78, 5) is 52.8. The smallest absolute Gasteiger partial charge is 0.416 e. The molecule has 6 atom stereocenters. The molecule has 2 fully saturated rings. The number of nitrogens with one attached hydrogen (secondary N) is 3. The van der Waals surface area contributed by atoms with Crippen LogP contribution in [0.1, 0.15) is 69.9 Å². The summed E-state index contributed by atoms with van der Waals surface area (Å²) in [5.41, 5.74) is 1.91. The average Bonchev–Trinajstić information content (AvgIpc) is 3.53. The van der Waals surface area contributed by atoms with Gasteiger partial charge in [0.15, 0.2) is 5.13 Å². The third-order valence-electron chi connectivity index (χ3n) is 12.1. The van der Waals surface area contributed by atoms with Gasteiger partial charge in [0.1, 0.15) is 40.7 Å². The van der Waals surface area contributed by atoms with Crippen LogP contribution in [0.25, 0.3) is 22.3 Å². The number of allylic oxidation sites excluding steroid dienone is 1. The predicted octanol–water partition coefficient (Wildman–Crippen LogP) is 9.86. The number of anilines is 2. The Bertz CT molecular complexity index is 2560. The van der Waals surface area contributed by atoms with Gasteiger partial charge in [0.05, 0.1) is 36.6 Å². The molecule has 12 nitrogen and oxygen atoms in total. The van der Waals surface area contributed by atoms with Crippen molar-refractivity contribution in [1.82, 2.24) is 20.2 Å². The molecule has 17 heteroatoms. The molecule has 64 heavy (non-hydrogen) atoms. The number of halogens is 3. The van der Waals surface area contributed by atoms with Crippen LogP contribution >= 0.6 is 18.7 Å². The largest absolute Gasteiger partial charge is 0.497 e. The number of hydrogen-bond acceptors (Lipinski definition) is 10. The number of ether oxygens (including phenoxy) is 2. The summed E-state index contributed by atoms with van der Waals surface area (Å²) in [5.74, 6) is -0.387. The van der Waals surface area contributed by atoms with Crippen molar-refractivity contribution in [3.8, 4) is 22.9 Å². The van der Waals surface area contributed by atoms with Crippen molar-refractivity contribution in [2.75, 3.05) is 24.3 Å². The lowest BCUT2D eigenvalue weighted by Gasteiger charge is -2.31. The third-order valence-corrected chi connectivity index (χ3v) is 15.5. The van der Waals surface area contributed by atoms with Crippen LogP contribution in [0, 0.1) is 5.92 Å². The van der Waals surface area contributed by atoms with Crippen LogP contribution in [0.4, 0.5) is 24.0 Å². The molecule has 3 aliphatic rings. The van der Waals surface area contributed by atoms with Crippen molar-refractivity contribution in [3.05, 3.63) is 108 Å². The fourth-order valence-electron chi connectivity index (χ4n) is 8.66. The van der Waals surface area contributed by atoms with Gasteiger partial charge < -0.3 is 35.2 Å². The maximum Gasteiger partial charge on any atom is 0.416 e. The molecule has 1 saturated carbocycles. The number of amides is 2. The van der Waals surface area contributed by atoms with Gasteiger partial charge in [-0.3, -0.25) is 14.2 Å². The maximum atomic E-state index is 14.9. The van der Waals surface area contributed by atoms with Crippen molar-refractivity contribution in [2.24, 2.45) is 5.92 Å². The second-order valence-electron chi connectivity index (χ2n) is 17.1. The molecule has 4 N–H and O–H groups in total. The zero-order valence-corrected chi connectivity index (χ0v) is 37.5. The fraction of sp³-hybridized carbons (Fsp3) is 0.404. The highest BCUT2D eigenvalue weighted by molar-refractivity contribution is 7.59. The first-order chi connectivity index (χ1) is 30.6. The van der Waals surface area contributed by atoms with Crippen LogP contribution in [0.3, 0.4) is 0 Å². The number of carbonyl (C=O) groups excluding carboxylic acids is 2. The highest BCUT2D eigenvalue weighted by Gasteiger charge is 2.66. The molecule has 2 aromatic heterocycles. The summed E-state index contributed by atoms with van der Waals surface area (Å²) in [7, 11) is -2.54. The Morgan fingerprint density at radius 3 is 2.53 bits per heavy atom. The van der Waals surface area contributed by atoms with Gasteiger partial charge in [-0.25, -0.2) is 9.97 Å². The number of nitrogens with zero attached hydrogens (tertiary/aromatic N) is 3. The minimum absolute atomic E-state index is 0.0201. The number of hydrogen-bond donors (Lipinski definition) is 4. The molecule has 0 bridgehead atoms. The summed E-state index contributed by atoms with van der Waals surface area (Å²) in [5, 5.41) is 11.4. The number of carbonyl (C=O) groups is 2. The van der Waals surface area contributed by atoms with Crippen LogP contribution in [0.2, 0.25) is 0 Å². The van der Waals surface area contributed by atoms with Crippen molar-refractivity contribution >= 4 is 52.2 Å². The standard InChI is InChI=1S/C47H52F3N6O6PS/c1-29(2)51-45-54-40(28-64-45)39-24-42(36-21-20-34(61-3)22-38(36)53-39)62-35-23-41-43(57)55-46(63(59,60)27-30-12-8-7-9-13-30)25-32(46)14-10-5-4-6-11-15-37(44(58)56(41)26-35)52-33-18-16-31(17-19-33)47(48,49)50/h7-10,12-14,16-22,24,28-29,32,35,37,41,52H,4-6,11,15,23,25-27H2,1-3H3,(H,51,54)(H,55,57)(H,59,60)/b14-10-/t32-,35+,37-,41-,46-/m0/s1. The fourth-order valence-corrected chi connectivity index (χ4v) is 11.9. The molecule has 3 aromatic carbocycles. The minimum Gasteiger partial charge on any atom is -0.497 e. The van der Waals surface area contributed by atoms with E-state index in [1.807, 2.05) is 43.5 Å². The lowest BCUT2D eigenvalue weighted by molar-refractivity contribution is -0.139. The Labute approximate surface area is 374 Å². The zero-order chi connectivity index (χ0) is 45.2. The lowest BCUT2D eigenvalue weighted by atomic mass is 10.0. The van der Waals surface area contributed by atoms with Crippen molar-refractivity contribution in [3.63, 3.8) is 0 Å². The first kappa shape index (κ1) is 45.1. The molecular weight excluding hydrogens is 865 g/mol. The minimum atomic E-state index is -4.53. The van der Waals surface area contributed by atoms with E-state index >= 15 is 0 Å². The lowest BCUT2D eigenvalue weighted by Crippen LogP contribution is -2.53. The highest BCUT2D eigenvalue weighted by atomic mass is 32.1. The normalized spacial score (nSPS) is 24.4. The number of aromatic nitrogens is 2. The van der Waals surface area contributed by atoms with E-state index in [-0.39, 0.29) is 31.6 Å². The first-order valence-corrected chi connectivity index (χ1v) is 24.3. The number of benzene rings is 3. The summed E-state index contributed by atoms with van der Waals surface area (Å²) in [6.45, 7) is 4.02. The van der Waals surface area contributed by atoms with E-state index in [1.54, 1.807) is 49.6 Å². The first-order valence-electron chi connectivity index (χ1n) is 21.6. The molecule has 2 amide bonds. The molecule has 5 aromatic rings. The van der Waals surface area contributed by atoms with Crippen molar-refractivity contribution < 1.29 is 41.7 Å². The van der Waals surface area contributed by atoms with Crippen LogP contribution < -0.4 is 25.4 Å². The Balaban J connectivity index is 1.15. The number of pyridine rings is 1. The average molecular weight is 917 g/mol. The van der Waals surface area contributed by atoms with E-state index in [9.17, 15) is 32.2 Å². The van der Waals surface area contributed by atoms with Gasteiger partial charge in [0.2, 0.25) is 19.2 Å². The van der Waals surface area contributed by atoms with Gasteiger partial charge in [-0.05, 0) is 81.5 Å². The zero-order valence-electron chi connectivity index (χ0n) is 35.8. The van der Waals surface area contributed by atoms with Gasteiger partial charge >= 0.3 is 6.18 Å². The molecular formula is C47H52F3N6O6PS. The Hall–Kier alpha value is -5.44.